The number of rotatable bonds is 4. The summed E-state index contributed by atoms with van der Waals surface area (Å²) >= 11 is 3.22. The van der Waals surface area contributed by atoms with Gasteiger partial charge in [0.1, 0.15) is 0 Å². The Morgan fingerprint density at radius 2 is 2.06 bits per heavy atom. The van der Waals surface area contributed by atoms with Crippen LogP contribution in [0.15, 0.2) is 22.7 Å². The van der Waals surface area contributed by atoms with Gasteiger partial charge in [-0.2, -0.15) is 0 Å². The molecule has 0 amide bonds. The Bertz CT molecular complexity index is 404. The molecule has 0 unspecified atom stereocenters. The van der Waals surface area contributed by atoms with Gasteiger partial charge >= 0.3 is 6.36 Å². The van der Waals surface area contributed by atoms with E-state index in [2.05, 4.69) is 26.0 Å². The number of ether oxygens (including phenoxy) is 1. The van der Waals surface area contributed by atoms with Gasteiger partial charge in [-0.1, -0.05) is 15.9 Å². The van der Waals surface area contributed by atoms with Gasteiger partial charge in [0.05, 0.1) is 5.69 Å². The molecule has 94 valence electrons. The van der Waals surface area contributed by atoms with E-state index < -0.39 is 6.36 Å². The summed E-state index contributed by atoms with van der Waals surface area (Å²) in [6, 6.07) is 4.40. The first kappa shape index (κ1) is 12.5. The largest absolute Gasteiger partial charge is 0.573 e. The number of hydrogen-bond acceptors (Lipinski definition) is 2. The lowest BCUT2D eigenvalue weighted by Crippen LogP contribution is -2.18. The maximum atomic E-state index is 12.2. The topological polar surface area (TPSA) is 21.3 Å². The summed E-state index contributed by atoms with van der Waals surface area (Å²) in [6.07, 6.45) is -2.39. The predicted octanol–water partition coefficient (Wildman–Crippen LogP) is 4.17. The lowest BCUT2D eigenvalue weighted by Gasteiger charge is -2.14. The van der Waals surface area contributed by atoms with Crippen molar-refractivity contribution in [1.82, 2.24) is 0 Å². The highest BCUT2D eigenvalue weighted by Crippen LogP contribution is 2.35. The van der Waals surface area contributed by atoms with Crippen molar-refractivity contribution in [2.24, 2.45) is 5.92 Å². The highest BCUT2D eigenvalue weighted by molar-refractivity contribution is 9.10. The number of halogens is 4. The molecule has 1 aromatic rings. The molecule has 2 rings (SSSR count). The molecule has 2 nitrogen and oxygen atoms in total. The quantitative estimate of drug-likeness (QED) is 0.901. The third-order valence-corrected chi connectivity index (χ3v) is 2.94. The number of nitrogens with one attached hydrogen (secondary N) is 1. The van der Waals surface area contributed by atoms with E-state index in [1.54, 1.807) is 6.07 Å². The van der Waals surface area contributed by atoms with Crippen molar-refractivity contribution in [2.75, 3.05) is 11.9 Å². The summed E-state index contributed by atoms with van der Waals surface area (Å²) < 4.78 is 41.2. The monoisotopic (exact) mass is 309 g/mol. The van der Waals surface area contributed by atoms with E-state index in [0.717, 1.165) is 12.8 Å². The molecule has 17 heavy (non-hydrogen) atoms. The fourth-order valence-corrected chi connectivity index (χ4v) is 1.79. The number of hydrogen-bond donors (Lipinski definition) is 1. The molecule has 0 atom stereocenters. The molecule has 0 aliphatic heterocycles. The van der Waals surface area contributed by atoms with Crippen molar-refractivity contribution in [3.63, 3.8) is 0 Å². The number of anilines is 1. The third kappa shape index (κ3) is 4.11. The van der Waals surface area contributed by atoms with Crippen LogP contribution in [0.4, 0.5) is 18.9 Å². The Hall–Kier alpha value is -0.910. The normalized spacial score (nSPS) is 15.8. The van der Waals surface area contributed by atoms with Gasteiger partial charge in [0.15, 0.2) is 5.75 Å². The van der Waals surface area contributed by atoms with Crippen LogP contribution in [0.25, 0.3) is 0 Å². The van der Waals surface area contributed by atoms with Crippen LogP contribution in [0.5, 0.6) is 5.75 Å². The van der Waals surface area contributed by atoms with Gasteiger partial charge in [0.2, 0.25) is 0 Å². The summed E-state index contributed by atoms with van der Waals surface area (Å²) in [4.78, 5) is 0. The molecular formula is C11H11BrF3NO. The van der Waals surface area contributed by atoms with Gasteiger partial charge in [0.25, 0.3) is 0 Å². The number of alkyl halides is 3. The molecule has 0 heterocycles. The first-order valence-corrected chi connectivity index (χ1v) is 6.02. The van der Waals surface area contributed by atoms with Crippen molar-refractivity contribution in [3.05, 3.63) is 22.7 Å². The molecule has 1 fully saturated rings. The van der Waals surface area contributed by atoms with Crippen molar-refractivity contribution in [1.29, 1.82) is 0 Å². The van der Waals surface area contributed by atoms with E-state index in [1.807, 2.05) is 0 Å². The smallest absolute Gasteiger partial charge is 0.404 e. The molecule has 0 aromatic heterocycles. The van der Waals surface area contributed by atoms with E-state index in [9.17, 15) is 13.2 Å². The molecule has 1 saturated carbocycles. The molecule has 1 aromatic carbocycles. The van der Waals surface area contributed by atoms with Crippen molar-refractivity contribution in [3.8, 4) is 5.75 Å². The van der Waals surface area contributed by atoms with Crippen LogP contribution >= 0.6 is 15.9 Å². The zero-order valence-electron chi connectivity index (χ0n) is 8.85. The van der Waals surface area contributed by atoms with Crippen molar-refractivity contribution in [2.45, 2.75) is 19.2 Å². The Morgan fingerprint density at radius 3 is 2.65 bits per heavy atom. The first-order valence-electron chi connectivity index (χ1n) is 5.23. The fourth-order valence-electron chi connectivity index (χ4n) is 1.43. The van der Waals surface area contributed by atoms with E-state index >= 15 is 0 Å². The van der Waals surface area contributed by atoms with E-state index in [-0.39, 0.29) is 5.75 Å². The van der Waals surface area contributed by atoms with E-state index in [4.69, 9.17) is 0 Å². The highest BCUT2D eigenvalue weighted by atomic mass is 79.9. The van der Waals surface area contributed by atoms with E-state index in [1.165, 1.54) is 12.1 Å². The summed E-state index contributed by atoms with van der Waals surface area (Å²) in [5, 5.41) is 2.98. The van der Waals surface area contributed by atoms with Crippen LogP contribution < -0.4 is 10.1 Å². The first-order chi connectivity index (χ1) is 7.94. The zero-order chi connectivity index (χ0) is 12.5. The van der Waals surface area contributed by atoms with Crippen LogP contribution in [0.3, 0.4) is 0 Å². The molecule has 1 aliphatic rings. The fraction of sp³-hybridized carbons (Fsp3) is 0.455. The lowest BCUT2D eigenvalue weighted by molar-refractivity contribution is -0.274. The van der Waals surface area contributed by atoms with Gasteiger partial charge < -0.3 is 10.1 Å². The minimum Gasteiger partial charge on any atom is -0.404 e. The molecule has 1 N–H and O–H groups in total. The Kier molecular flexibility index (Phi) is 3.51. The molecule has 0 bridgehead atoms. The molecular weight excluding hydrogens is 299 g/mol. The minimum absolute atomic E-state index is 0.193. The van der Waals surface area contributed by atoms with Crippen LogP contribution in [0.2, 0.25) is 0 Å². The van der Waals surface area contributed by atoms with Crippen molar-refractivity contribution < 1.29 is 17.9 Å². The molecule has 0 saturated heterocycles. The number of benzene rings is 1. The molecule has 0 spiro atoms. The maximum absolute atomic E-state index is 12.2. The highest BCUT2D eigenvalue weighted by Gasteiger charge is 2.32. The van der Waals surface area contributed by atoms with Gasteiger partial charge in [0, 0.05) is 11.0 Å². The molecule has 0 radical (unpaired) electrons. The van der Waals surface area contributed by atoms with Gasteiger partial charge in [-0.25, -0.2) is 0 Å². The van der Waals surface area contributed by atoms with Crippen LogP contribution in [-0.4, -0.2) is 12.9 Å². The third-order valence-electron chi connectivity index (χ3n) is 2.45. The van der Waals surface area contributed by atoms with Gasteiger partial charge in [-0.05, 0) is 37.0 Å². The summed E-state index contributed by atoms with van der Waals surface area (Å²) in [6.45, 7) is 0.685. The average Bonchev–Trinajstić information content (AvgIpc) is 3.00. The summed E-state index contributed by atoms with van der Waals surface area (Å²) in [7, 11) is 0. The van der Waals surface area contributed by atoms with Crippen LogP contribution in [0.1, 0.15) is 12.8 Å². The van der Waals surface area contributed by atoms with Crippen molar-refractivity contribution >= 4 is 21.6 Å². The van der Waals surface area contributed by atoms with E-state index in [0.29, 0.717) is 22.6 Å². The maximum Gasteiger partial charge on any atom is 0.573 e. The summed E-state index contributed by atoms with van der Waals surface area (Å²) in [5.74, 6) is 0.383. The SMILES string of the molecule is FC(F)(F)Oc1ccc(Br)cc1NCC1CC1. The van der Waals surface area contributed by atoms with Crippen LogP contribution in [-0.2, 0) is 0 Å². The second-order valence-corrected chi connectivity index (χ2v) is 4.93. The average molecular weight is 310 g/mol. The minimum atomic E-state index is -4.66. The van der Waals surface area contributed by atoms with Gasteiger partial charge in [-0.3, -0.25) is 0 Å². The molecule has 6 heteroatoms. The lowest BCUT2D eigenvalue weighted by atomic mass is 10.3. The Morgan fingerprint density at radius 1 is 1.35 bits per heavy atom. The Balaban J connectivity index is 2.11. The standard InChI is InChI=1S/C11H11BrF3NO/c12-8-3-4-10(17-11(13,14)15)9(5-8)16-6-7-1-2-7/h3-5,7,16H,1-2,6H2. The second-order valence-electron chi connectivity index (χ2n) is 4.01. The predicted molar refractivity (Wildman–Crippen MR) is 62.0 cm³/mol. The van der Waals surface area contributed by atoms with Gasteiger partial charge in [-0.15, -0.1) is 13.2 Å². The Labute approximate surface area is 105 Å². The second kappa shape index (κ2) is 4.76. The molecule has 1 aliphatic carbocycles. The zero-order valence-corrected chi connectivity index (χ0v) is 10.4. The summed E-state index contributed by atoms with van der Waals surface area (Å²) in [5.41, 5.74) is 0.364. The van der Waals surface area contributed by atoms with Crippen LogP contribution in [0, 0.1) is 5.92 Å².